The van der Waals surface area contributed by atoms with Gasteiger partial charge in [0.2, 0.25) is 5.91 Å². The third kappa shape index (κ3) is 5.72. The standard InChI is InChI=1S/C22H28FN5O2S/c23-18-8-4-5-9-19(18)27-10-12-28(13-11-27)20(29)14-17-15-31-22(25-17)26-21(30)24-16-6-2-1-3-7-16/h4-5,8-9,15-16H,1-3,6-7,10-14H2,(H2,24,25,26,30). The summed E-state index contributed by atoms with van der Waals surface area (Å²) in [6.07, 6.45) is 5.79. The Kier molecular flexibility index (Phi) is 7.01. The zero-order valence-electron chi connectivity index (χ0n) is 17.5. The van der Waals surface area contributed by atoms with Crippen molar-refractivity contribution >= 4 is 34.1 Å². The molecule has 166 valence electrons. The number of nitrogens with one attached hydrogen (secondary N) is 2. The SMILES string of the molecule is O=C(Nc1nc(CC(=O)N2CCN(c3ccccc3F)CC2)cs1)NC1CCCCC1. The van der Waals surface area contributed by atoms with Crippen LogP contribution >= 0.6 is 11.3 Å². The summed E-state index contributed by atoms with van der Waals surface area (Å²) in [4.78, 5) is 33.0. The number of nitrogens with zero attached hydrogens (tertiary/aromatic N) is 3. The van der Waals surface area contributed by atoms with Gasteiger partial charge in [-0.05, 0) is 25.0 Å². The summed E-state index contributed by atoms with van der Waals surface area (Å²) in [6, 6.07) is 6.71. The number of para-hydroxylation sites is 1. The molecule has 2 aliphatic rings. The summed E-state index contributed by atoms with van der Waals surface area (Å²) in [5.74, 6) is -0.242. The maximum absolute atomic E-state index is 14.0. The van der Waals surface area contributed by atoms with E-state index in [1.54, 1.807) is 17.0 Å². The first kappa shape index (κ1) is 21.5. The molecule has 3 amide bonds. The molecule has 31 heavy (non-hydrogen) atoms. The lowest BCUT2D eigenvalue weighted by molar-refractivity contribution is -0.130. The number of carbonyl (C=O) groups excluding carboxylic acids is 2. The molecular weight excluding hydrogens is 417 g/mol. The second-order valence-corrected chi connectivity index (χ2v) is 8.93. The number of amides is 3. The first-order valence-corrected chi connectivity index (χ1v) is 11.8. The molecule has 1 aromatic carbocycles. The first-order valence-electron chi connectivity index (χ1n) is 10.9. The van der Waals surface area contributed by atoms with E-state index in [4.69, 9.17) is 0 Å². The minimum absolute atomic E-state index is 0.00306. The van der Waals surface area contributed by atoms with Crippen molar-refractivity contribution in [1.82, 2.24) is 15.2 Å². The van der Waals surface area contributed by atoms with Gasteiger partial charge in [-0.1, -0.05) is 31.4 Å². The Morgan fingerprint density at radius 2 is 1.84 bits per heavy atom. The number of benzene rings is 1. The summed E-state index contributed by atoms with van der Waals surface area (Å²) >= 11 is 1.32. The topological polar surface area (TPSA) is 77.6 Å². The van der Waals surface area contributed by atoms with Gasteiger partial charge in [0.25, 0.3) is 0 Å². The van der Waals surface area contributed by atoms with Crippen LogP contribution in [0.4, 0.5) is 20.0 Å². The average Bonchev–Trinajstić information content (AvgIpc) is 3.21. The number of aromatic nitrogens is 1. The molecule has 1 aliphatic carbocycles. The van der Waals surface area contributed by atoms with E-state index in [9.17, 15) is 14.0 Å². The molecule has 1 aliphatic heterocycles. The van der Waals surface area contributed by atoms with Crippen LogP contribution in [0.3, 0.4) is 0 Å². The summed E-state index contributed by atoms with van der Waals surface area (Å²) in [5, 5.41) is 8.09. The monoisotopic (exact) mass is 445 g/mol. The number of anilines is 2. The molecule has 4 rings (SSSR count). The van der Waals surface area contributed by atoms with E-state index in [0.717, 1.165) is 25.7 Å². The van der Waals surface area contributed by atoms with Gasteiger partial charge in [0.1, 0.15) is 5.82 Å². The maximum atomic E-state index is 14.0. The highest BCUT2D eigenvalue weighted by Crippen LogP contribution is 2.21. The lowest BCUT2D eigenvalue weighted by Crippen LogP contribution is -2.49. The molecule has 2 aromatic rings. The van der Waals surface area contributed by atoms with Gasteiger partial charge in [-0.15, -0.1) is 11.3 Å². The summed E-state index contributed by atoms with van der Waals surface area (Å²) in [7, 11) is 0. The van der Waals surface area contributed by atoms with E-state index in [1.807, 2.05) is 16.3 Å². The van der Waals surface area contributed by atoms with E-state index in [1.165, 1.54) is 23.8 Å². The molecule has 9 heteroatoms. The fourth-order valence-corrected chi connectivity index (χ4v) is 4.89. The number of carbonyl (C=O) groups is 2. The average molecular weight is 446 g/mol. The van der Waals surface area contributed by atoms with Gasteiger partial charge in [-0.3, -0.25) is 10.1 Å². The number of hydrogen-bond donors (Lipinski definition) is 2. The van der Waals surface area contributed by atoms with Gasteiger partial charge in [0, 0.05) is 37.6 Å². The fraction of sp³-hybridized carbons (Fsp3) is 0.500. The van der Waals surface area contributed by atoms with Crippen molar-refractivity contribution in [1.29, 1.82) is 0 Å². The summed E-state index contributed by atoms with van der Waals surface area (Å²) < 4.78 is 14.0. The molecule has 1 saturated carbocycles. The number of thiazole rings is 1. The van der Waals surface area contributed by atoms with E-state index >= 15 is 0 Å². The highest BCUT2D eigenvalue weighted by atomic mass is 32.1. The van der Waals surface area contributed by atoms with Gasteiger partial charge in [0.15, 0.2) is 5.13 Å². The van der Waals surface area contributed by atoms with E-state index in [0.29, 0.717) is 42.7 Å². The lowest BCUT2D eigenvalue weighted by Gasteiger charge is -2.36. The zero-order chi connectivity index (χ0) is 21.6. The molecule has 2 fully saturated rings. The molecule has 0 unspecified atom stereocenters. The Balaban J connectivity index is 1.24. The molecule has 0 spiro atoms. The molecule has 0 bridgehead atoms. The van der Waals surface area contributed by atoms with E-state index < -0.39 is 0 Å². The second kappa shape index (κ2) is 10.1. The van der Waals surface area contributed by atoms with Crippen molar-refractivity contribution in [2.75, 3.05) is 36.4 Å². The first-order chi connectivity index (χ1) is 15.1. The van der Waals surface area contributed by atoms with Crippen LogP contribution in [0.1, 0.15) is 37.8 Å². The number of piperazine rings is 1. The predicted octanol–water partition coefficient (Wildman–Crippen LogP) is 3.63. The van der Waals surface area contributed by atoms with Crippen LogP contribution in [-0.2, 0) is 11.2 Å². The van der Waals surface area contributed by atoms with Crippen molar-refractivity contribution in [3.05, 3.63) is 41.2 Å². The van der Waals surface area contributed by atoms with E-state index in [-0.39, 0.29) is 30.2 Å². The van der Waals surface area contributed by atoms with Crippen LogP contribution in [0, 0.1) is 5.82 Å². The Hall–Kier alpha value is -2.68. The minimum atomic E-state index is -0.239. The highest BCUT2D eigenvalue weighted by Gasteiger charge is 2.23. The van der Waals surface area contributed by atoms with Crippen molar-refractivity contribution in [2.24, 2.45) is 0 Å². The minimum Gasteiger partial charge on any atom is -0.366 e. The smallest absolute Gasteiger partial charge is 0.321 e. The third-order valence-corrected chi connectivity index (χ3v) is 6.68. The lowest BCUT2D eigenvalue weighted by atomic mass is 9.96. The molecule has 2 heterocycles. The van der Waals surface area contributed by atoms with Crippen LogP contribution in [-0.4, -0.2) is 54.0 Å². The molecule has 0 atom stereocenters. The van der Waals surface area contributed by atoms with Gasteiger partial charge in [0.05, 0.1) is 17.8 Å². The fourth-order valence-electron chi connectivity index (χ4n) is 4.18. The van der Waals surface area contributed by atoms with Crippen molar-refractivity contribution in [3.8, 4) is 0 Å². The Bertz CT molecular complexity index is 907. The molecule has 1 saturated heterocycles. The van der Waals surface area contributed by atoms with Crippen LogP contribution in [0.25, 0.3) is 0 Å². The normalized spacial score (nSPS) is 17.5. The van der Waals surface area contributed by atoms with Gasteiger partial charge >= 0.3 is 6.03 Å². The van der Waals surface area contributed by atoms with Gasteiger partial charge in [-0.2, -0.15) is 0 Å². The van der Waals surface area contributed by atoms with Gasteiger partial charge in [-0.25, -0.2) is 14.2 Å². The predicted molar refractivity (Wildman–Crippen MR) is 120 cm³/mol. The van der Waals surface area contributed by atoms with Crippen LogP contribution in [0.5, 0.6) is 0 Å². The molecule has 7 nitrogen and oxygen atoms in total. The highest BCUT2D eigenvalue weighted by molar-refractivity contribution is 7.13. The Morgan fingerprint density at radius 1 is 1.10 bits per heavy atom. The number of hydrogen-bond acceptors (Lipinski definition) is 5. The van der Waals surface area contributed by atoms with Crippen molar-refractivity contribution < 1.29 is 14.0 Å². The van der Waals surface area contributed by atoms with Crippen molar-refractivity contribution in [2.45, 2.75) is 44.6 Å². The van der Waals surface area contributed by atoms with Crippen LogP contribution in [0.2, 0.25) is 0 Å². The van der Waals surface area contributed by atoms with Crippen molar-refractivity contribution in [3.63, 3.8) is 0 Å². The number of rotatable bonds is 5. The van der Waals surface area contributed by atoms with Gasteiger partial charge < -0.3 is 15.1 Å². The Labute approximate surface area is 185 Å². The summed E-state index contributed by atoms with van der Waals surface area (Å²) in [6.45, 7) is 2.29. The van der Waals surface area contributed by atoms with E-state index in [2.05, 4.69) is 15.6 Å². The molecule has 0 radical (unpaired) electrons. The maximum Gasteiger partial charge on any atom is 0.321 e. The van der Waals surface area contributed by atoms with Crippen LogP contribution in [0.15, 0.2) is 29.6 Å². The zero-order valence-corrected chi connectivity index (χ0v) is 18.3. The third-order valence-electron chi connectivity index (χ3n) is 5.87. The molecule has 2 N–H and O–H groups in total. The Morgan fingerprint density at radius 3 is 2.58 bits per heavy atom. The molecule has 1 aromatic heterocycles. The van der Waals surface area contributed by atoms with Crippen LogP contribution < -0.4 is 15.5 Å². The number of urea groups is 1. The summed E-state index contributed by atoms with van der Waals surface area (Å²) in [5.41, 5.74) is 1.23. The quantitative estimate of drug-likeness (QED) is 0.737. The largest absolute Gasteiger partial charge is 0.366 e. The second-order valence-electron chi connectivity index (χ2n) is 8.07. The molecular formula is C22H28FN5O2S. The number of halogens is 1.